The number of anilines is 1. The van der Waals surface area contributed by atoms with Gasteiger partial charge in [0.25, 0.3) is 15.9 Å². The molecule has 2 aromatic carbocycles. The van der Waals surface area contributed by atoms with E-state index in [2.05, 4.69) is 15.0 Å². The average Bonchev–Trinajstić information content (AvgIpc) is 2.83. The molecule has 1 amide bonds. The molecule has 8 heteroatoms. The van der Waals surface area contributed by atoms with Crippen LogP contribution in [-0.4, -0.2) is 25.9 Å². The van der Waals surface area contributed by atoms with Gasteiger partial charge in [-0.1, -0.05) is 24.8 Å². The normalized spacial score (nSPS) is 13.2. The van der Waals surface area contributed by atoms with Crippen molar-refractivity contribution in [2.24, 2.45) is 0 Å². The number of fused-ring (bicyclic) bond motifs is 1. The Labute approximate surface area is 199 Å². The van der Waals surface area contributed by atoms with Crippen LogP contribution in [0.2, 0.25) is 0 Å². The van der Waals surface area contributed by atoms with Crippen LogP contribution in [-0.2, 0) is 22.9 Å². The number of aryl methyl sites for hydroxylation is 2. The summed E-state index contributed by atoms with van der Waals surface area (Å²) in [5, 5.41) is 3.58. The SMILES string of the molecule is CCCNC(=O)c1ccc(Sc2ccc(NS(=O)(=O)c3ccc4c(c3)CCCC4)cc2)nc1. The smallest absolute Gasteiger partial charge is 0.261 e. The van der Waals surface area contributed by atoms with E-state index in [1.165, 1.54) is 17.3 Å². The highest BCUT2D eigenvalue weighted by Crippen LogP contribution is 2.29. The highest BCUT2D eigenvalue weighted by molar-refractivity contribution is 7.99. The van der Waals surface area contributed by atoms with Gasteiger partial charge in [-0.3, -0.25) is 9.52 Å². The zero-order valence-corrected chi connectivity index (χ0v) is 20.1. The summed E-state index contributed by atoms with van der Waals surface area (Å²) < 4.78 is 28.4. The van der Waals surface area contributed by atoms with Crippen molar-refractivity contribution in [3.8, 4) is 0 Å². The summed E-state index contributed by atoms with van der Waals surface area (Å²) in [5.74, 6) is -0.128. The molecular formula is C25H27N3O3S2. The van der Waals surface area contributed by atoms with E-state index in [1.54, 1.807) is 42.6 Å². The molecule has 0 spiro atoms. The molecule has 1 heterocycles. The summed E-state index contributed by atoms with van der Waals surface area (Å²) in [4.78, 5) is 17.6. The van der Waals surface area contributed by atoms with Crippen molar-refractivity contribution in [3.63, 3.8) is 0 Å². The predicted molar refractivity (Wildman–Crippen MR) is 131 cm³/mol. The molecule has 0 saturated heterocycles. The summed E-state index contributed by atoms with van der Waals surface area (Å²) >= 11 is 1.44. The number of hydrogen-bond acceptors (Lipinski definition) is 5. The van der Waals surface area contributed by atoms with Crippen LogP contribution in [0.3, 0.4) is 0 Å². The minimum absolute atomic E-state index is 0.128. The fourth-order valence-electron chi connectivity index (χ4n) is 3.72. The number of pyridine rings is 1. The maximum absolute atomic E-state index is 12.9. The van der Waals surface area contributed by atoms with Crippen LogP contribution in [0.1, 0.15) is 47.7 Å². The Morgan fingerprint density at radius 1 is 1.00 bits per heavy atom. The summed E-state index contributed by atoms with van der Waals surface area (Å²) in [6.07, 6.45) is 6.66. The first-order valence-electron chi connectivity index (χ1n) is 11.1. The molecule has 0 unspecified atom stereocenters. The molecule has 6 nitrogen and oxygen atoms in total. The quantitative estimate of drug-likeness (QED) is 0.470. The highest BCUT2D eigenvalue weighted by Gasteiger charge is 2.18. The number of carbonyl (C=O) groups is 1. The van der Waals surface area contributed by atoms with Crippen LogP contribution in [0.25, 0.3) is 0 Å². The topological polar surface area (TPSA) is 88.2 Å². The molecule has 1 aliphatic rings. The molecule has 2 N–H and O–H groups in total. The lowest BCUT2D eigenvalue weighted by molar-refractivity contribution is 0.0953. The first kappa shape index (κ1) is 23.3. The fraction of sp³-hybridized carbons (Fsp3) is 0.280. The van der Waals surface area contributed by atoms with E-state index in [0.717, 1.165) is 47.6 Å². The minimum Gasteiger partial charge on any atom is -0.352 e. The van der Waals surface area contributed by atoms with Gasteiger partial charge in [-0.15, -0.1) is 0 Å². The van der Waals surface area contributed by atoms with Gasteiger partial charge in [-0.2, -0.15) is 0 Å². The summed E-state index contributed by atoms with van der Waals surface area (Å²) in [5.41, 5.74) is 3.43. The molecule has 0 fully saturated rings. The Bertz CT molecular complexity index is 1220. The molecule has 4 rings (SSSR count). The van der Waals surface area contributed by atoms with E-state index in [4.69, 9.17) is 0 Å². The minimum atomic E-state index is -3.65. The van der Waals surface area contributed by atoms with Crippen molar-refractivity contribution in [2.45, 2.75) is 53.8 Å². The van der Waals surface area contributed by atoms with E-state index < -0.39 is 10.0 Å². The van der Waals surface area contributed by atoms with Crippen LogP contribution >= 0.6 is 11.8 Å². The van der Waals surface area contributed by atoms with Gasteiger partial charge in [-0.25, -0.2) is 13.4 Å². The van der Waals surface area contributed by atoms with Crippen LogP contribution in [0, 0.1) is 0 Å². The third-order valence-electron chi connectivity index (χ3n) is 5.49. The monoisotopic (exact) mass is 481 g/mol. The van der Waals surface area contributed by atoms with Gasteiger partial charge in [0.05, 0.1) is 10.5 Å². The second-order valence-corrected chi connectivity index (χ2v) is 10.8. The molecule has 0 saturated carbocycles. The zero-order valence-electron chi connectivity index (χ0n) is 18.5. The van der Waals surface area contributed by atoms with Gasteiger partial charge in [0.2, 0.25) is 0 Å². The summed E-state index contributed by atoms with van der Waals surface area (Å²) in [6.45, 7) is 2.64. The maximum atomic E-state index is 12.9. The number of sulfonamides is 1. The standard InChI is InChI=1S/C25H27N3O3S2/c1-2-15-26-25(29)20-8-14-24(27-17-20)32-22-11-9-21(10-12-22)28-33(30,31)23-13-7-18-5-3-4-6-19(18)16-23/h7-14,16-17,28H,2-6,15H2,1H3,(H,26,29). The van der Waals surface area contributed by atoms with Crippen molar-refractivity contribution in [3.05, 3.63) is 77.5 Å². The number of benzene rings is 2. The van der Waals surface area contributed by atoms with E-state index >= 15 is 0 Å². The largest absolute Gasteiger partial charge is 0.352 e. The third kappa shape index (κ3) is 5.94. The second kappa shape index (κ2) is 10.4. The first-order valence-corrected chi connectivity index (χ1v) is 13.4. The number of nitrogens with zero attached hydrogens (tertiary/aromatic N) is 1. The van der Waals surface area contributed by atoms with Crippen molar-refractivity contribution in [1.82, 2.24) is 10.3 Å². The van der Waals surface area contributed by atoms with Crippen LogP contribution in [0.15, 0.2) is 75.6 Å². The fourth-order valence-corrected chi connectivity index (χ4v) is 5.58. The van der Waals surface area contributed by atoms with Gasteiger partial charge in [0.15, 0.2) is 0 Å². The molecule has 33 heavy (non-hydrogen) atoms. The third-order valence-corrected chi connectivity index (χ3v) is 7.83. The molecule has 1 aliphatic carbocycles. The zero-order chi connectivity index (χ0) is 23.3. The predicted octanol–water partition coefficient (Wildman–Crippen LogP) is 5.05. The lowest BCUT2D eigenvalue weighted by Crippen LogP contribution is -2.23. The van der Waals surface area contributed by atoms with Gasteiger partial charge < -0.3 is 5.32 Å². The van der Waals surface area contributed by atoms with Gasteiger partial charge in [0, 0.05) is 23.3 Å². The number of amides is 1. The van der Waals surface area contributed by atoms with Crippen molar-refractivity contribution >= 4 is 33.4 Å². The van der Waals surface area contributed by atoms with Crippen LogP contribution < -0.4 is 10.0 Å². The number of nitrogens with one attached hydrogen (secondary N) is 2. The van der Waals surface area contributed by atoms with Gasteiger partial charge in [-0.05, 0) is 91.8 Å². The Hall–Kier alpha value is -2.84. The molecule has 0 aliphatic heterocycles. The average molecular weight is 482 g/mol. The van der Waals surface area contributed by atoms with Gasteiger partial charge in [0.1, 0.15) is 5.03 Å². The molecule has 0 radical (unpaired) electrons. The highest BCUT2D eigenvalue weighted by atomic mass is 32.2. The number of hydrogen-bond donors (Lipinski definition) is 2. The molecule has 3 aromatic rings. The summed E-state index contributed by atoms with van der Waals surface area (Å²) in [7, 11) is -3.65. The van der Waals surface area contributed by atoms with Crippen LogP contribution in [0.4, 0.5) is 5.69 Å². The number of aromatic nitrogens is 1. The van der Waals surface area contributed by atoms with E-state index in [0.29, 0.717) is 22.7 Å². The van der Waals surface area contributed by atoms with E-state index in [9.17, 15) is 13.2 Å². The Balaban J connectivity index is 1.39. The second-order valence-electron chi connectivity index (χ2n) is 8.01. The van der Waals surface area contributed by atoms with Crippen molar-refractivity contribution in [1.29, 1.82) is 0 Å². The Kier molecular flexibility index (Phi) is 7.35. The molecule has 1 aromatic heterocycles. The molecule has 0 bridgehead atoms. The van der Waals surface area contributed by atoms with Crippen molar-refractivity contribution in [2.75, 3.05) is 11.3 Å². The number of rotatable bonds is 8. The van der Waals surface area contributed by atoms with E-state index in [1.807, 2.05) is 25.1 Å². The summed E-state index contributed by atoms with van der Waals surface area (Å²) in [6, 6.07) is 16.2. The number of carbonyl (C=O) groups excluding carboxylic acids is 1. The molecular weight excluding hydrogens is 454 g/mol. The molecule has 172 valence electrons. The maximum Gasteiger partial charge on any atom is 0.261 e. The Morgan fingerprint density at radius 3 is 2.45 bits per heavy atom. The first-order chi connectivity index (χ1) is 15.9. The Morgan fingerprint density at radius 2 is 1.76 bits per heavy atom. The lowest BCUT2D eigenvalue weighted by atomic mass is 9.92. The molecule has 0 atom stereocenters. The van der Waals surface area contributed by atoms with E-state index in [-0.39, 0.29) is 5.91 Å². The lowest BCUT2D eigenvalue weighted by Gasteiger charge is -2.17. The van der Waals surface area contributed by atoms with Crippen LogP contribution in [0.5, 0.6) is 0 Å². The van der Waals surface area contributed by atoms with Gasteiger partial charge >= 0.3 is 0 Å². The van der Waals surface area contributed by atoms with Crippen molar-refractivity contribution < 1.29 is 13.2 Å².